The van der Waals surface area contributed by atoms with Crippen LogP contribution in [0.3, 0.4) is 0 Å². The van der Waals surface area contributed by atoms with Gasteiger partial charge in [0, 0.05) is 157 Å². The van der Waals surface area contributed by atoms with Crippen molar-refractivity contribution < 1.29 is 167 Å². The van der Waals surface area contributed by atoms with Gasteiger partial charge in [-0.05, 0) is 325 Å². The molecular formula is C116H178N6O18. The molecule has 6 N–H and O–H groups in total. The molecule has 0 saturated carbocycles. The Morgan fingerprint density at radius 1 is 0.321 bits per heavy atom. The first kappa shape index (κ1) is 55.8. The predicted octanol–water partition coefficient (Wildman–Crippen LogP) is 19.0. The summed E-state index contributed by atoms with van der Waals surface area (Å²) in [6.45, 7) is -5.16. The number of hydrogen-bond donors (Lipinski definition) is 6. The van der Waals surface area contributed by atoms with Crippen molar-refractivity contribution in [2.75, 3.05) is 163 Å². The van der Waals surface area contributed by atoms with Crippen LogP contribution in [-0.2, 0) is 38.5 Å². The van der Waals surface area contributed by atoms with Gasteiger partial charge in [-0.25, -0.2) is 0 Å². The molecule has 18 atom stereocenters. The lowest BCUT2D eigenvalue weighted by Gasteiger charge is -2.47. The molecule has 140 heavy (non-hydrogen) atoms. The highest BCUT2D eigenvalue weighted by Crippen LogP contribution is 2.53. The molecule has 780 valence electrons. The van der Waals surface area contributed by atoms with E-state index in [9.17, 15) is 34.8 Å². The highest BCUT2D eigenvalue weighted by atomic mass is 16.5. The van der Waals surface area contributed by atoms with Crippen LogP contribution in [0.4, 0.5) is 0 Å². The smallest absolute Gasteiger partial charge is 0.161 e. The Labute approximate surface area is 921 Å². The molecule has 12 aliphatic rings. The number of ether oxygens (including phenoxy) is 12. The Kier molecular flexibility index (Phi) is 19.4. The zero-order valence-corrected chi connectivity index (χ0v) is 83.3. The highest BCUT2D eigenvalue weighted by Gasteiger charge is 2.47. The molecule has 0 bridgehead atoms. The number of piperidine rings is 6. The third-order valence-corrected chi connectivity index (χ3v) is 25.9. The lowest BCUT2D eigenvalue weighted by molar-refractivity contribution is -0.0259. The Balaban J connectivity index is 0.000000192. The van der Waals surface area contributed by atoms with Crippen LogP contribution >= 0.6 is 0 Å². The van der Waals surface area contributed by atoms with Crippen molar-refractivity contribution in [2.24, 2.45) is 69.9 Å². The summed E-state index contributed by atoms with van der Waals surface area (Å²) in [5.41, 5.74) is -5.02. The lowest BCUT2D eigenvalue weighted by Crippen LogP contribution is -2.48. The second kappa shape index (κ2) is 48.6. The number of nitrogens with zero attached hydrogens (tertiary/aromatic N) is 6. The van der Waals surface area contributed by atoms with E-state index in [1.54, 1.807) is 28.5 Å². The van der Waals surface area contributed by atoms with Crippen molar-refractivity contribution in [1.29, 1.82) is 0 Å². The predicted molar refractivity (Wildman–Crippen MR) is 556 cm³/mol. The molecule has 0 amide bonds. The normalized spacial score (nSPS) is 41.2. The standard InChI is InChI=1S/2C20H31NO3.4C19H29NO3/c2*1-20(2,3)11-14-12-21-7-6-13-8-18(23-4)19(24-5)9-15(13)16(21)10-17(14)22;4*1-12(2)7-14-11-20-6-5-13-8-18(22-3)19(23-4)9-15(13)16(20)10-17(14)21/h2*8-9,14,16-17,22H,6-7,10-12H2,1-5H3;4*8-9,12,14,16-17,21H,5-7,10-11H2,1-4H3/i1D3,2D3,5D3,8D,9D,10D2,11D2,14D,16D,17D;1D3,2D3,8D,9D,10D2,11D2,14D,16D,17D;4D3,8D,9D,10D2,14D,16D,17D;4D3,8D,9D,11D2;2*8D,9D,11D2. The Bertz CT molecular complexity index is 7800. The molecule has 6 saturated heterocycles. The average molecular weight is 2000 g/mol. The zero-order valence-electron chi connectivity index (χ0n) is 141. The maximum atomic E-state index is 11.5. The molecule has 6 fully saturated rings. The van der Waals surface area contributed by atoms with Crippen LogP contribution in [-0.4, -0.2) is 260 Å². The minimum atomic E-state index is -4.08. The molecular weight excluding hydrogens is 1770 g/mol. The number of hydrogen-bond acceptors (Lipinski definition) is 24. The maximum Gasteiger partial charge on any atom is 0.161 e. The summed E-state index contributed by atoms with van der Waals surface area (Å²) >= 11 is 0. The van der Waals surface area contributed by atoms with Crippen molar-refractivity contribution in [2.45, 2.75) is 285 Å². The number of fused-ring (bicyclic) bond motifs is 18. The van der Waals surface area contributed by atoms with Crippen molar-refractivity contribution in [3.63, 3.8) is 0 Å². The van der Waals surface area contributed by atoms with Crippen molar-refractivity contribution in [1.82, 2.24) is 29.4 Å². The van der Waals surface area contributed by atoms with E-state index in [4.69, 9.17) is 132 Å². The number of rotatable bonds is 22. The quantitative estimate of drug-likeness (QED) is 0.0369. The molecule has 0 aromatic heterocycles. The summed E-state index contributed by atoms with van der Waals surface area (Å²) in [5, 5.41) is 66.4. The van der Waals surface area contributed by atoms with Gasteiger partial charge in [-0.15, -0.1) is 0 Å². The summed E-state index contributed by atoms with van der Waals surface area (Å²) in [6.07, 6.45) is -28.2. The molecule has 18 rings (SSSR count). The van der Waals surface area contributed by atoms with Crippen LogP contribution in [0.2, 0.25) is 0 Å². The van der Waals surface area contributed by atoms with Gasteiger partial charge in [0.15, 0.2) is 69.0 Å². The first-order valence-corrected chi connectivity index (χ1v) is 47.3. The number of methoxy groups -OCH3 is 12. The molecule has 0 radical (unpaired) electrons. The maximum absolute atomic E-state index is 11.5. The van der Waals surface area contributed by atoms with Gasteiger partial charge < -0.3 is 87.5 Å². The molecule has 24 nitrogen and oxygen atoms in total. The molecule has 12 heterocycles. The van der Waals surface area contributed by atoms with Crippen molar-refractivity contribution in [3.8, 4) is 69.0 Å². The fraction of sp³-hybridized carbons (Fsp3) is 0.690. The molecule has 0 spiro atoms. The van der Waals surface area contributed by atoms with Gasteiger partial charge in [-0.2, -0.15) is 0 Å². The van der Waals surface area contributed by atoms with Gasteiger partial charge in [-0.1, -0.05) is 96.6 Å². The van der Waals surface area contributed by atoms with E-state index in [2.05, 4.69) is 0 Å². The highest BCUT2D eigenvalue weighted by molar-refractivity contribution is 5.55. The molecule has 24 heteroatoms. The summed E-state index contributed by atoms with van der Waals surface area (Å²) in [5.74, 6) is -12.3. The summed E-state index contributed by atoms with van der Waals surface area (Å²) in [4.78, 5) is 8.14. The second-order valence-electron chi connectivity index (χ2n) is 38.4. The van der Waals surface area contributed by atoms with E-state index in [1.807, 2.05) is 41.5 Å². The fourth-order valence-electron chi connectivity index (χ4n) is 19.6. The molecule has 18 unspecified atom stereocenters. The molecule has 6 aromatic carbocycles. The van der Waals surface area contributed by atoms with Gasteiger partial charge in [-0.3, -0.25) is 29.4 Å². The van der Waals surface area contributed by atoms with Gasteiger partial charge in [0.05, 0.1) is 159 Å². The molecule has 12 aliphatic heterocycles. The Morgan fingerprint density at radius 2 is 0.536 bits per heavy atom. The Morgan fingerprint density at radius 3 is 0.771 bits per heavy atom. The van der Waals surface area contributed by atoms with Gasteiger partial charge in [0.25, 0.3) is 0 Å². The van der Waals surface area contributed by atoms with E-state index in [-0.39, 0.29) is 198 Å². The van der Waals surface area contributed by atoms with Crippen LogP contribution in [0.25, 0.3) is 0 Å². The van der Waals surface area contributed by atoms with Crippen LogP contribution < -0.4 is 56.8 Å². The van der Waals surface area contributed by atoms with E-state index in [0.29, 0.717) is 118 Å². The third kappa shape index (κ3) is 26.3. The zero-order chi connectivity index (χ0) is 152. The SMILES string of the molecule is [2H]c1c2c(c([2H])c(OC([2H])([2H])[2H])c1OC)C1([2H])N(CC2)CC([2H])(C([2H])([2H])C(C)(C([2H])([2H])[2H])C([2H])([2H])[2H])C([2H])(O)C1([2H])[2H].[2H]c1c2c(c([2H])c(OC([2H])([2H])[2H])c1OC)C1([2H])N(CC2)CC([2H])(CC(C)C)C([2H])(O)C1([2H])[2H].[2H]c1c2c(c([2H])c(OC([2H])([2H])[2H])c1OC)C1CC(O)C(CC(C)C)C([2H])([2H])N1CC2.[2H]c1c2c(c([2H])c(OC)c1OC)C1([2H])N(CC2)CC([2H])(C([2H])([2H])C(C)(C([2H])([2H])[2H])C([2H])([2H])[2H])C([2H])(O)C1([2H])[2H].[2H]c1c2c(c([2H])c(OC)c1OC)C1CC(O)C(CC(C)C)C([2H])([2H])N1CC2.[2H]c1c2c(c([2H])c(OC)c1OC)C1CC(O)C(CC(C)C)C([2H])([2H])N1CC2. The summed E-state index contributed by atoms with van der Waals surface area (Å²) in [6, 6.07) is -13.1. The van der Waals surface area contributed by atoms with Crippen LogP contribution in [0.15, 0.2) is 72.5 Å². The minimum absolute atomic E-state index is 0.000599. The third-order valence-electron chi connectivity index (χ3n) is 25.9. The fourth-order valence-corrected chi connectivity index (χ4v) is 19.6. The van der Waals surface area contributed by atoms with Crippen LogP contribution in [0, 0.1) is 69.9 Å². The summed E-state index contributed by atoms with van der Waals surface area (Å²) < 4.78 is 547. The second-order valence-corrected chi connectivity index (χ2v) is 38.4. The van der Waals surface area contributed by atoms with Crippen LogP contribution in [0.1, 0.15) is 356 Å². The molecule has 6 aromatic rings. The first-order valence-electron chi connectivity index (χ1n) is 76.3. The number of benzene rings is 6. The van der Waals surface area contributed by atoms with E-state index < -0.39 is 291 Å². The van der Waals surface area contributed by atoms with Gasteiger partial charge in [0.1, 0.15) is 0 Å². The molecule has 0 aliphatic carbocycles. The average Bonchev–Trinajstić information content (AvgIpc) is 0.653. The van der Waals surface area contributed by atoms with E-state index in [0.717, 1.165) is 24.0 Å². The Hall–Kier alpha value is -7.56. The topological polar surface area (TPSA) is 252 Å². The van der Waals surface area contributed by atoms with Crippen molar-refractivity contribution in [3.05, 3.63) is 139 Å². The van der Waals surface area contributed by atoms with E-state index >= 15 is 0 Å². The van der Waals surface area contributed by atoms with Crippen molar-refractivity contribution >= 4 is 0 Å². The lowest BCUT2D eigenvalue weighted by atomic mass is 9.75. The minimum Gasteiger partial charge on any atom is -0.493 e. The van der Waals surface area contributed by atoms with Gasteiger partial charge in [0.2, 0.25) is 0 Å². The number of aliphatic hydroxyl groups excluding tert-OH is 3. The monoisotopic (exact) mass is 2000 g/mol. The largest absolute Gasteiger partial charge is 0.493 e. The summed E-state index contributed by atoms with van der Waals surface area (Å²) in [7, 11) is 2.66. The van der Waals surface area contributed by atoms with Gasteiger partial charge >= 0.3 is 0 Å². The first-order chi connectivity index (χ1) is 89.7. The van der Waals surface area contributed by atoms with Crippen LogP contribution in [0.5, 0.6) is 69.0 Å². The number of aliphatic hydroxyl groups is 6. The van der Waals surface area contributed by atoms with E-state index in [1.165, 1.54) is 54.7 Å².